The van der Waals surface area contributed by atoms with Crippen molar-refractivity contribution in [3.63, 3.8) is 0 Å². The van der Waals surface area contributed by atoms with Gasteiger partial charge in [-0.25, -0.2) is 4.98 Å². The molecular formula is C7H5NO3S2. The Kier molecular flexibility index (Phi) is 2.26. The minimum absolute atomic E-state index is 0.373. The molecule has 0 amide bonds. The van der Waals surface area contributed by atoms with Gasteiger partial charge in [0.05, 0.1) is 15.7 Å². The number of aromatic nitrogens is 1. The van der Waals surface area contributed by atoms with Crippen molar-refractivity contribution < 1.29 is 12.9 Å². The number of thiazole rings is 1. The highest BCUT2D eigenvalue weighted by Gasteiger charge is 2.01. The molecule has 13 heavy (non-hydrogen) atoms. The molecule has 1 unspecified atom stereocenters. The summed E-state index contributed by atoms with van der Waals surface area (Å²) in [6.07, 6.45) is 0. The Hall–Kier alpha value is -0.980. The zero-order chi connectivity index (χ0) is 9.26. The first kappa shape index (κ1) is 8.61. The second kappa shape index (κ2) is 3.41. The van der Waals surface area contributed by atoms with E-state index in [1.807, 2.05) is 0 Å². The Labute approximate surface area is 80.7 Å². The molecule has 0 spiro atoms. The van der Waals surface area contributed by atoms with E-state index in [2.05, 4.69) is 9.17 Å². The summed E-state index contributed by atoms with van der Waals surface area (Å²) in [5.74, 6) is 0.373. The molecule has 1 atom stereocenters. The van der Waals surface area contributed by atoms with Gasteiger partial charge in [0.2, 0.25) is 0 Å². The second-order valence-corrected chi connectivity index (χ2v) is 3.77. The predicted molar refractivity (Wildman–Crippen MR) is 51.0 cm³/mol. The lowest BCUT2D eigenvalue weighted by atomic mass is 10.3. The van der Waals surface area contributed by atoms with Crippen LogP contribution in [-0.2, 0) is 11.4 Å². The highest BCUT2D eigenvalue weighted by Crippen LogP contribution is 2.23. The molecule has 0 aliphatic rings. The molecule has 1 aromatic heterocycles. The SMILES string of the molecule is O=S(O)Oc1ccc2ncsc2c1. The zero-order valence-electron chi connectivity index (χ0n) is 6.34. The lowest BCUT2D eigenvalue weighted by Crippen LogP contribution is -1.96. The van der Waals surface area contributed by atoms with Crippen LogP contribution in [0.5, 0.6) is 5.75 Å². The molecule has 6 heteroatoms. The van der Waals surface area contributed by atoms with Gasteiger partial charge in [-0.1, -0.05) is 0 Å². The van der Waals surface area contributed by atoms with Crippen molar-refractivity contribution in [3.05, 3.63) is 23.7 Å². The minimum Gasteiger partial charge on any atom is -0.380 e. The number of rotatable bonds is 2. The summed E-state index contributed by atoms with van der Waals surface area (Å²) < 4.78 is 24.3. The van der Waals surface area contributed by atoms with Crippen molar-refractivity contribution in [2.45, 2.75) is 0 Å². The quantitative estimate of drug-likeness (QED) is 0.776. The van der Waals surface area contributed by atoms with Crippen molar-refractivity contribution in [2.75, 3.05) is 0 Å². The fourth-order valence-corrected chi connectivity index (χ4v) is 1.94. The Morgan fingerprint density at radius 1 is 1.54 bits per heavy atom. The van der Waals surface area contributed by atoms with E-state index in [4.69, 9.17) is 4.55 Å². The highest BCUT2D eigenvalue weighted by molar-refractivity contribution is 7.74. The van der Waals surface area contributed by atoms with E-state index in [1.54, 1.807) is 23.7 Å². The first-order valence-electron chi connectivity index (χ1n) is 3.38. The molecule has 2 aromatic rings. The number of fused-ring (bicyclic) bond motifs is 1. The lowest BCUT2D eigenvalue weighted by Gasteiger charge is -1.97. The third kappa shape index (κ3) is 1.85. The molecule has 2 rings (SSSR count). The summed E-state index contributed by atoms with van der Waals surface area (Å²) in [6, 6.07) is 5.03. The second-order valence-electron chi connectivity index (χ2n) is 2.28. The van der Waals surface area contributed by atoms with Crippen LogP contribution in [0.25, 0.3) is 10.2 Å². The Balaban J connectivity index is 2.42. The van der Waals surface area contributed by atoms with E-state index in [0.29, 0.717) is 5.75 Å². The van der Waals surface area contributed by atoms with E-state index >= 15 is 0 Å². The molecular weight excluding hydrogens is 210 g/mol. The Morgan fingerprint density at radius 2 is 2.38 bits per heavy atom. The van der Waals surface area contributed by atoms with Crippen LogP contribution in [0.4, 0.5) is 0 Å². The van der Waals surface area contributed by atoms with E-state index in [9.17, 15) is 4.21 Å². The number of benzene rings is 1. The van der Waals surface area contributed by atoms with Gasteiger partial charge >= 0.3 is 11.4 Å². The molecule has 4 nitrogen and oxygen atoms in total. The van der Waals surface area contributed by atoms with Crippen LogP contribution in [0, 0.1) is 0 Å². The van der Waals surface area contributed by atoms with Gasteiger partial charge in [-0.3, -0.25) is 4.55 Å². The molecule has 1 heterocycles. The summed E-state index contributed by atoms with van der Waals surface area (Å²) in [4.78, 5) is 4.06. The lowest BCUT2D eigenvalue weighted by molar-refractivity contribution is 0.458. The van der Waals surface area contributed by atoms with Crippen molar-refractivity contribution in [1.82, 2.24) is 4.98 Å². The Bertz CT molecular complexity index is 454. The maximum atomic E-state index is 10.3. The maximum absolute atomic E-state index is 10.3. The average Bonchev–Trinajstić information content (AvgIpc) is 2.49. The maximum Gasteiger partial charge on any atom is 0.357 e. The van der Waals surface area contributed by atoms with Gasteiger partial charge in [0, 0.05) is 6.07 Å². The Morgan fingerprint density at radius 3 is 3.15 bits per heavy atom. The molecule has 0 fully saturated rings. The van der Waals surface area contributed by atoms with Crippen LogP contribution in [0.1, 0.15) is 0 Å². The third-order valence-electron chi connectivity index (χ3n) is 1.47. The first-order chi connectivity index (χ1) is 6.25. The van der Waals surface area contributed by atoms with Gasteiger partial charge in [-0.2, -0.15) is 4.21 Å². The average molecular weight is 215 g/mol. The first-order valence-corrected chi connectivity index (χ1v) is 5.29. The third-order valence-corrected chi connectivity index (χ3v) is 2.60. The van der Waals surface area contributed by atoms with E-state index in [-0.39, 0.29) is 0 Å². The van der Waals surface area contributed by atoms with Gasteiger partial charge in [0.15, 0.2) is 0 Å². The van der Waals surface area contributed by atoms with Gasteiger partial charge in [-0.05, 0) is 12.1 Å². The molecule has 68 valence electrons. The topological polar surface area (TPSA) is 59.4 Å². The molecule has 1 aromatic carbocycles. The van der Waals surface area contributed by atoms with Crippen molar-refractivity contribution in [1.29, 1.82) is 0 Å². The van der Waals surface area contributed by atoms with Gasteiger partial charge < -0.3 is 4.18 Å². The highest BCUT2D eigenvalue weighted by atomic mass is 32.2. The summed E-state index contributed by atoms with van der Waals surface area (Å²) in [6.45, 7) is 0. The van der Waals surface area contributed by atoms with Crippen LogP contribution in [-0.4, -0.2) is 13.7 Å². The summed E-state index contributed by atoms with van der Waals surface area (Å²) >= 11 is -0.806. The smallest absolute Gasteiger partial charge is 0.357 e. The zero-order valence-corrected chi connectivity index (χ0v) is 7.97. The minimum atomic E-state index is -2.26. The molecule has 1 N–H and O–H groups in total. The molecule has 0 saturated carbocycles. The van der Waals surface area contributed by atoms with Gasteiger partial charge in [-0.15, -0.1) is 11.3 Å². The molecule has 0 saturated heterocycles. The molecule has 0 aliphatic carbocycles. The van der Waals surface area contributed by atoms with Gasteiger partial charge in [0.25, 0.3) is 0 Å². The van der Waals surface area contributed by atoms with Crippen LogP contribution in [0.15, 0.2) is 23.7 Å². The summed E-state index contributed by atoms with van der Waals surface area (Å²) in [5.41, 5.74) is 2.57. The molecule has 0 bridgehead atoms. The van der Waals surface area contributed by atoms with Crippen LogP contribution in [0.3, 0.4) is 0 Å². The number of nitrogens with zero attached hydrogens (tertiary/aromatic N) is 1. The molecule has 0 radical (unpaired) electrons. The fraction of sp³-hybridized carbons (Fsp3) is 0. The normalized spacial score (nSPS) is 13.0. The number of hydrogen-bond donors (Lipinski definition) is 1. The number of hydrogen-bond acceptors (Lipinski definition) is 4. The van der Waals surface area contributed by atoms with E-state index in [1.165, 1.54) is 11.3 Å². The van der Waals surface area contributed by atoms with Crippen LogP contribution < -0.4 is 4.18 Å². The summed E-state index contributed by atoms with van der Waals surface area (Å²) in [5, 5.41) is 0. The molecule has 0 aliphatic heterocycles. The van der Waals surface area contributed by atoms with Crippen LogP contribution >= 0.6 is 11.3 Å². The van der Waals surface area contributed by atoms with Crippen molar-refractivity contribution in [2.24, 2.45) is 0 Å². The van der Waals surface area contributed by atoms with Crippen molar-refractivity contribution in [3.8, 4) is 5.75 Å². The van der Waals surface area contributed by atoms with E-state index in [0.717, 1.165) is 10.2 Å². The monoisotopic (exact) mass is 215 g/mol. The van der Waals surface area contributed by atoms with Gasteiger partial charge in [0.1, 0.15) is 5.75 Å². The standard InChI is InChI=1S/C7H5NO3S2/c9-13(10)11-5-1-2-6-7(3-5)12-4-8-6/h1-4H,(H,9,10). The van der Waals surface area contributed by atoms with Crippen molar-refractivity contribution >= 4 is 32.9 Å². The van der Waals surface area contributed by atoms with Crippen LogP contribution in [0.2, 0.25) is 0 Å². The summed E-state index contributed by atoms with van der Waals surface area (Å²) in [7, 11) is 0. The largest absolute Gasteiger partial charge is 0.380 e. The predicted octanol–water partition coefficient (Wildman–Crippen LogP) is 1.81. The fourth-order valence-electron chi connectivity index (χ4n) is 0.970. The van der Waals surface area contributed by atoms with E-state index < -0.39 is 11.4 Å².